The fourth-order valence-corrected chi connectivity index (χ4v) is 2.15. The standard InChI is InChI=1S/C20H22N2O5/c1-14(2)27-19(23)13-26-16-10-8-15(9-11-16)12-21-22-20(24)17-6-4-5-7-18(17)25-3/h4-12,14H,13H2,1-3H3,(H,22,24)/b21-12+. The Hall–Kier alpha value is -3.35. The average molecular weight is 370 g/mol. The number of amides is 1. The van der Waals surface area contributed by atoms with E-state index >= 15 is 0 Å². The van der Waals surface area contributed by atoms with Gasteiger partial charge in [0.05, 0.1) is 25.0 Å². The van der Waals surface area contributed by atoms with Gasteiger partial charge in [-0.1, -0.05) is 12.1 Å². The van der Waals surface area contributed by atoms with Gasteiger partial charge in [0.25, 0.3) is 5.91 Å². The van der Waals surface area contributed by atoms with Crippen LogP contribution in [0.3, 0.4) is 0 Å². The van der Waals surface area contributed by atoms with E-state index in [1.165, 1.54) is 13.3 Å². The molecule has 0 unspecified atom stereocenters. The number of carbonyl (C=O) groups excluding carboxylic acids is 2. The van der Waals surface area contributed by atoms with Crippen molar-refractivity contribution in [3.63, 3.8) is 0 Å². The average Bonchev–Trinajstić information content (AvgIpc) is 2.66. The third-order valence-electron chi connectivity index (χ3n) is 3.34. The van der Waals surface area contributed by atoms with Crippen LogP contribution in [0.1, 0.15) is 29.8 Å². The number of ether oxygens (including phenoxy) is 3. The van der Waals surface area contributed by atoms with Gasteiger partial charge in [-0.05, 0) is 55.8 Å². The number of hydrogen-bond donors (Lipinski definition) is 1. The van der Waals surface area contributed by atoms with Gasteiger partial charge >= 0.3 is 5.97 Å². The smallest absolute Gasteiger partial charge is 0.344 e. The van der Waals surface area contributed by atoms with Gasteiger partial charge in [-0.2, -0.15) is 5.10 Å². The molecule has 0 fully saturated rings. The van der Waals surface area contributed by atoms with E-state index in [1.54, 1.807) is 62.4 Å². The molecular formula is C20H22N2O5. The summed E-state index contributed by atoms with van der Waals surface area (Å²) in [4.78, 5) is 23.6. The summed E-state index contributed by atoms with van der Waals surface area (Å²) in [7, 11) is 1.50. The van der Waals surface area contributed by atoms with Crippen molar-refractivity contribution < 1.29 is 23.8 Å². The van der Waals surface area contributed by atoms with E-state index in [9.17, 15) is 9.59 Å². The Labute approximate surface area is 157 Å². The minimum Gasteiger partial charge on any atom is -0.496 e. The van der Waals surface area contributed by atoms with Crippen LogP contribution in [0.4, 0.5) is 0 Å². The zero-order valence-electron chi connectivity index (χ0n) is 15.5. The summed E-state index contributed by atoms with van der Waals surface area (Å²) in [5, 5.41) is 3.93. The van der Waals surface area contributed by atoms with Crippen LogP contribution in [0.25, 0.3) is 0 Å². The summed E-state index contributed by atoms with van der Waals surface area (Å²) in [5.74, 6) is 0.218. The summed E-state index contributed by atoms with van der Waals surface area (Å²) in [5.41, 5.74) is 3.61. The van der Waals surface area contributed by atoms with Crippen molar-refractivity contribution in [2.45, 2.75) is 20.0 Å². The first-order valence-electron chi connectivity index (χ1n) is 8.38. The highest BCUT2D eigenvalue weighted by atomic mass is 16.6. The predicted molar refractivity (Wildman–Crippen MR) is 101 cm³/mol. The van der Waals surface area contributed by atoms with E-state index in [-0.39, 0.29) is 18.6 Å². The van der Waals surface area contributed by atoms with E-state index in [1.807, 2.05) is 0 Å². The van der Waals surface area contributed by atoms with Gasteiger partial charge in [-0.15, -0.1) is 0 Å². The van der Waals surface area contributed by atoms with Crippen LogP contribution in [-0.4, -0.2) is 37.9 Å². The number of hydrogen-bond acceptors (Lipinski definition) is 6. The monoisotopic (exact) mass is 370 g/mol. The van der Waals surface area contributed by atoms with E-state index < -0.39 is 5.97 Å². The highest BCUT2D eigenvalue weighted by molar-refractivity contribution is 5.97. The Morgan fingerprint density at radius 3 is 2.48 bits per heavy atom. The molecule has 0 atom stereocenters. The molecule has 1 amide bonds. The molecule has 0 bridgehead atoms. The van der Waals surface area contributed by atoms with Crippen molar-refractivity contribution in [3.05, 3.63) is 59.7 Å². The lowest BCUT2D eigenvalue weighted by Gasteiger charge is -2.09. The van der Waals surface area contributed by atoms with Crippen LogP contribution in [0, 0.1) is 0 Å². The number of nitrogens with zero attached hydrogens (tertiary/aromatic N) is 1. The Kier molecular flexibility index (Phi) is 7.37. The van der Waals surface area contributed by atoms with Crippen molar-refractivity contribution in [3.8, 4) is 11.5 Å². The van der Waals surface area contributed by atoms with Crippen molar-refractivity contribution in [2.24, 2.45) is 5.10 Å². The third kappa shape index (κ3) is 6.47. The van der Waals surface area contributed by atoms with Crippen LogP contribution >= 0.6 is 0 Å². The summed E-state index contributed by atoms with van der Waals surface area (Å²) in [6.45, 7) is 3.40. The lowest BCUT2D eigenvalue weighted by Crippen LogP contribution is -2.18. The first-order chi connectivity index (χ1) is 13.0. The predicted octanol–water partition coefficient (Wildman–Crippen LogP) is 2.79. The molecular weight excluding hydrogens is 348 g/mol. The summed E-state index contributed by atoms with van der Waals surface area (Å²) in [6.07, 6.45) is 1.33. The van der Waals surface area contributed by atoms with Gasteiger partial charge in [-0.25, -0.2) is 10.2 Å². The van der Waals surface area contributed by atoms with Gasteiger partial charge in [0.1, 0.15) is 11.5 Å². The number of para-hydroxylation sites is 1. The summed E-state index contributed by atoms with van der Waals surface area (Å²) in [6, 6.07) is 13.8. The Morgan fingerprint density at radius 1 is 1.11 bits per heavy atom. The number of rotatable bonds is 8. The fraction of sp³-hybridized carbons (Fsp3) is 0.250. The molecule has 0 radical (unpaired) electrons. The molecule has 0 spiro atoms. The van der Waals surface area contributed by atoms with Gasteiger partial charge in [-0.3, -0.25) is 4.79 Å². The molecule has 0 aliphatic carbocycles. The van der Waals surface area contributed by atoms with E-state index in [4.69, 9.17) is 14.2 Å². The molecule has 1 N–H and O–H groups in total. The van der Waals surface area contributed by atoms with Crippen molar-refractivity contribution in [1.82, 2.24) is 5.43 Å². The zero-order chi connectivity index (χ0) is 19.6. The maximum absolute atomic E-state index is 12.1. The largest absolute Gasteiger partial charge is 0.496 e. The minimum absolute atomic E-state index is 0.152. The van der Waals surface area contributed by atoms with Crippen molar-refractivity contribution >= 4 is 18.1 Å². The van der Waals surface area contributed by atoms with Gasteiger partial charge in [0, 0.05) is 0 Å². The SMILES string of the molecule is COc1ccccc1C(=O)N/N=C/c1ccc(OCC(=O)OC(C)C)cc1. The Balaban J connectivity index is 1.87. The second-order valence-corrected chi connectivity index (χ2v) is 5.80. The van der Waals surface area contributed by atoms with E-state index in [0.29, 0.717) is 17.1 Å². The second-order valence-electron chi connectivity index (χ2n) is 5.80. The molecule has 2 aromatic carbocycles. The van der Waals surface area contributed by atoms with Crippen LogP contribution in [0.2, 0.25) is 0 Å². The molecule has 7 nitrogen and oxygen atoms in total. The normalized spacial score (nSPS) is 10.7. The number of carbonyl (C=O) groups is 2. The molecule has 0 aliphatic rings. The lowest BCUT2D eigenvalue weighted by molar-refractivity contribution is -0.149. The number of methoxy groups -OCH3 is 1. The molecule has 0 aliphatic heterocycles. The first-order valence-corrected chi connectivity index (χ1v) is 8.38. The van der Waals surface area contributed by atoms with Crippen LogP contribution in [0.5, 0.6) is 11.5 Å². The Bertz CT molecular complexity index is 800. The second kappa shape index (κ2) is 9.96. The zero-order valence-corrected chi connectivity index (χ0v) is 15.5. The van der Waals surface area contributed by atoms with Crippen molar-refractivity contribution in [2.75, 3.05) is 13.7 Å². The highest BCUT2D eigenvalue weighted by Crippen LogP contribution is 2.16. The molecule has 0 aromatic heterocycles. The van der Waals surface area contributed by atoms with E-state index in [0.717, 1.165) is 5.56 Å². The summed E-state index contributed by atoms with van der Waals surface area (Å²) >= 11 is 0. The third-order valence-corrected chi connectivity index (χ3v) is 3.34. The Morgan fingerprint density at radius 2 is 1.81 bits per heavy atom. The maximum Gasteiger partial charge on any atom is 0.344 e. The topological polar surface area (TPSA) is 86.2 Å². The first kappa shape index (κ1) is 20.0. The van der Waals surface area contributed by atoms with Gasteiger partial charge in [0.2, 0.25) is 0 Å². The van der Waals surface area contributed by atoms with Crippen LogP contribution in [0.15, 0.2) is 53.6 Å². The maximum atomic E-state index is 12.1. The van der Waals surface area contributed by atoms with Crippen molar-refractivity contribution in [1.29, 1.82) is 0 Å². The quantitative estimate of drug-likeness (QED) is 0.439. The number of benzene rings is 2. The highest BCUT2D eigenvalue weighted by Gasteiger charge is 2.10. The summed E-state index contributed by atoms with van der Waals surface area (Å²) < 4.78 is 15.5. The van der Waals surface area contributed by atoms with Crippen LogP contribution in [-0.2, 0) is 9.53 Å². The molecule has 2 rings (SSSR count). The van der Waals surface area contributed by atoms with Gasteiger partial charge in [0.15, 0.2) is 6.61 Å². The molecule has 7 heteroatoms. The molecule has 0 heterocycles. The molecule has 0 saturated carbocycles. The fourth-order valence-electron chi connectivity index (χ4n) is 2.15. The number of nitrogens with one attached hydrogen (secondary N) is 1. The molecule has 0 saturated heterocycles. The number of esters is 1. The molecule has 2 aromatic rings. The van der Waals surface area contributed by atoms with E-state index in [2.05, 4.69) is 10.5 Å². The van der Waals surface area contributed by atoms with Crippen LogP contribution < -0.4 is 14.9 Å². The molecule has 27 heavy (non-hydrogen) atoms. The number of hydrazone groups is 1. The lowest BCUT2D eigenvalue weighted by atomic mass is 10.2. The minimum atomic E-state index is -0.422. The molecule has 142 valence electrons. The van der Waals surface area contributed by atoms with Gasteiger partial charge < -0.3 is 14.2 Å².